The third-order valence-electron chi connectivity index (χ3n) is 6.78. The smallest absolute Gasteiger partial charge is 0.404 e. The van der Waals surface area contributed by atoms with Crippen molar-refractivity contribution in [3.63, 3.8) is 0 Å². The van der Waals surface area contributed by atoms with E-state index in [1.54, 1.807) is 25.8 Å². The van der Waals surface area contributed by atoms with Gasteiger partial charge in [0.2, 0.25) is 5.78 Å². The molecule has 1 aliphatic carbocycles. The third kappa shape index (κ3) is 2.84. The number of primary amides is 1. The molecule has 3 aliphatic heterocycles. The molecule has 2 saturated heterocycles. The highest BCUT2D eigenvalue weighted by Crippen LogP contribution is 2.59. The summed E-state index contributed by atoms with van der Waals surface area (Å²) in [5, 5.41) is 0. The summed E-state index contributed by atoms with van der Waals surface area (Å²) in [5.41, 5.74) is 5.32. The summed E-state index contributed by atoms with van der Waals surface area (Å²) in [6.07, 6.45) is -0.922. The molecule has 4 aliphatic rings. The molecule has 0 aromatic rings. The van der Waals surface area contributed by atoms with Crippen molar-refractivity contribution in [3.05, 3.63) is 11.3 Å². The van der Waals surface area contributed by atoms with Crippen molar-refractivity contribution >= 4 is 35.1 Å². The van der Waals surface area contributed by atoms with Gasteiger partial charge < -0.3 is 20.1 Å². The van der Waals surface area contributed by atoms with E-state index in [4.69, 9.17) is 15.2 Å². The maximum Gasteiger partial charge on any atom is 0.404 e. The summed E-state index contributed by atoms with van der Waals surface area (Å²) in [6, 6.07) is 0.237. The number of rotatable bonds is 7. The molecule has 0 aromatic heterocycles. The number of thioether (sulfide) groups is 1. The van der Waals surface area contributed by atoms with Crippen LogP contribution in [0.2, 0.25) is 0 Å². The number of amides is 1. The first-order chi connectivity index (χ1) is 14.3. The molecular formula is C20H28N4O5S. The molecule has 0 aromatic carbocycles. The molecule has 1 amide bonds. The maximum atomic E-state index is 13.6. The summed E-state index contributed by atoms with van der Waals surface area (Å²) < 4.78 is 11.2. The molecule has 4 rings (SSSR count). The van der Waals surface area contributed by atoms with E-state index >= 15 is 0 Å². The first-order valence-corrected chi connectivity index (χ1v) is 11.4. The molecule has 6 unspecified atom stereocenters. The highest BCUT2D eigenvalue weighted by atomic mass is 32.2. The number of ketones is 2. The number of fused-ring (bicyclic) bond motifs is 4. The number of hydrogen-bond acceptors (Lipinski definition) is 9. The molecule has 2 fully saturated rings. The average molecular weight is 437 g/mol. The van der Waals surface area contributed by atoms with Crippen LogP contribution < -0.4 is 5.73 Å². The lowest BCUT2D eigenvalue weighted by atomic mass is 9.78. The van der Waals surface area contributed by atoms with Crippen molar-refractivity contribution in [1.29, 1.82) is 0 Å². The van der Waals surface area contributed by atoms with Crippen molar-refractivity contribution < 1.29 is 23.9 Å². The van der Waals surface area contributed by atoms with Crippen LogP contribution >= 0.6 is 11.8 Å². The van der Waals surface area contributed by atoms with Gasteiger partial charge in [-0.15, -0.1) is 0 Å². The lowest BCUT2D eigenvalue weighted by Crippen LogP contribution is -2.55. The Morgan fingerprint density at radius 2 is 2.13 bits per heavy atom. The van der Waals surface area contributed by atoms with Gasteiger partial charge in [0.05, 0.1) is 29.3 Å². The number of carbonyl (C=O) groups excluding carboxylic acids is 3. The molecular weight excluding hydrogens is 408 g/mol. The van der Waals surface area contributed by atoms with E-state index in [1.165, 1.54) is 0 Å². The Balaban J connectivity index is 1.75. The summed E-state index contributed by atoms with van der Waals surface area (Å²) >= 11 is 1.73. The molecule has 9 nitrogen and oxygen atoms in total. The zero-order chi connectivity index (χ0) is 21.8. The summed E-state index contributed by atoms with van der Waals surface area (Å²) in [5.74, 6) is 0.167. The Hall–Kier alpha value is -1.91. The zero-order valence-electron chi connectivity index (χ0n) is 17.7. The molecule has 0 radical (unpaired) electrons. The second-order valence-corrected chi connectivity index (χ2v) is 9.46. The number of allylic oxidation sites excluding steroid dienone is 1. The molecule has 164 valence electrons. The van der Waals surface area contributed by atoms with Gasteiger partial charge in [0.15, 0.2) is 11.5 Å². The Morgan fingerprint density at radius 1 is 1.40 bits per heavy atom. The monoisotopic (exact) mass is 436 g/mol. The van der Waals surface area contributed by atoms with E-state index in [1.807, 2.05) is 11.9 Å². The van der Waals surface area contributed by atoms with Crippen molar-refractivity contribution in [2.45, 2.75) is 31.7 Å². The fourth-order valence-electron chi connectivity index (χ4n) is 5.39. The van der Waals surface area contributed by atoms with Crippen LogP contribution in [0.4, 0.5) is 4.79 Å². The number of nitrogens with zero attached hydrogens (tertiary/aromatic N) is 3. The van der Waals surface area contributed by atoms with Gasteiger partial charge in [0, 0.05) is 37.6 Å². The summed E-state index contributed by atoms with van der Waals surface area (Å²) in [6.45, 7) is 4.75. The molecule has 30 heavy (non-hydrogen) atoms. The quantitative estimate of drug-likeness (QED) is 0.447. The largest absolute Gasteiger partial charge is 0.449 e. The minimum absolute atomic E-state index is 0.00632. The lowest BCUT2D eigenvalue weighted by Gasteiger charge is -2.40. The van der Waals surface area contributed by atoms with Gasteiger partial charge in [-0.3, -0.25) is 19.5 Å². The van der Waals surface area contributed by atoms with E-state index in [9.17, 15) is 14.4 Å². The van der Waals surface area contributed by atoms with Crippen LogP contribution in [-0.4, -0.2) is 96.3 Å². The van der Waals surface area contributed by atoms with Gasteiger partial charge in [0.1, 0.15) is 6.61 Å². The Labute approximate surface area is 180 Å². The zero-order valence-corrected chi connectivity index (χ0v) is 18.5. The molecule has 10 heteroatoms. The first kappa shape index (κ1) is 21.3. The predicted molar refractivity (Wildman–Crippen MR) is 112 cm³/mol. The fraction of sp³-hybridized carbons (Fsp3) is 0.700. The minimum Gasteiger partial charge on any atom is -0.449 e. The van der Waals surface area contributed by atoms with Crippen LogP contribution in [0.3, 0.4) is 0 Å². The van der Waals surface area contributed by atoms with Crippen LogP contribution in [0.5, 0.6) is 0 Å². The minimum atomic E-state index is -0.932. The van der Waals surface area contributed by atoms with E-state index in [0.717, 1.165) is 11.5 Å². The molecule has 0 saturated carbocycles. The van der Waals surface area contributed by atoms with Gasteiger partial charge in [0.25, 0.3) is 0 Å². The number of aliphatic imine (C=N–C) groups is 1. The van der Waals surface area contributed by atoms with Crippen molar-refractivity contribution in [1.82, 2.24) is 9.80 Å². The lowest BCUT2D eigenvalue weighted by molar-refractivity contribution is -0.145. The molecule has 0 spiro atoms. The van der Waals surface area contributed by atoms with E-state index < -0.39 is 23.7 Å². The molecule has 6 atom stereocenters. The highest BCUT2D eigenvalue weighted by Gasteiger charge is 2.75. The molecule has 2 N–H and O–H groups in total. The average Bonchev–Trinajstić information content (AvgIpc) is 3.10. The summed E-state index contributed by atoms with van der Waals surface area (Å²) in [7, 11) is 3.56. The third-order valence-corrected chi connectivity index (χ3v) is 7.66. The van der Waals surface area contributed by atoms with Gasteiger partial charge >= 0.3 is 6.09 Å². The van der Waals surface area contributed by atoms with Gasteiger partial charge in [-0.05, 0) is 19.7 Å². The van der Waals surface area contributed by atoms with Crippen LogP contribution in [0.15, 0.2) is 16.3 Å². The Kier molecular flexibility index (Phi) is 5.44. The molecule has 0 bridgehead atoms. The van der Waals surface area contributed by atoms with Gasteiger partial charge in [-0.2, -0.15) is 11.8 Å². The number of nitrogens with two attached hydrogens (primary N) is 1. The maximum absolute atomic E-state index is 13.6. The summed E-state index contributed by atoms with van der Waals surface area (Å²) in [4.78, 5) is 46.9. The normalized spacial score (nSPS) is 38.1. The van der Waals surface area contributed by atoms with Crippen LogP contribution in [0, 0.1) is 11.8 Å². The molecule has 3 heterocycles. The van der Waals surface area contributed by atoms with E-state index in [-0.39, 0.29) is 36.0 Å². The van der Waals surface area contributed by atoms with Crippen molar-refractivity contribution in [2.75, 3.05) is 45.4 Å². The van der Waals surface area contributed by atoms with Gasteiger partial charge in [-0.1, -0.05) is 6.92 Å². The van der Waals surface area contributed by atoms with Crippen LogP contribution in [-0.2, 0) is 19.1 Å². The Morgan fingerprint density at radius 3 is 2.77 bits per heavy atom. The van der Waals surface area contributed by atoms with E-state index in [0.29, 0.717) is 24.4 Å². The number of methoxy groups -OCH3 is 1. The standard InChI is InChI=1S/C20H28N4O5S/c1-5-30-7-6-22-14-10(2)16(25)15-13(17(14)26)11(9-29-19(21)27)20(28-4)18-12(23(18)3)8-24(15)20/h10-12,18H,5-9H2,1-4H3,(H2,21,27). The number of likely N-dealkylation sites (N-methyl/N-ethyl adjacent to an activating group) is 1. The second kappa shape index (κ2) is 7.65. The topological polar surface area (TPSA) is 114 Å². The van der Waals surface area contributed by atoms with Crippen molar-refractivity contribution in [3.8, 4) is 0 Å². The fourth-order valence-corrected chi connectivity index (χ4v) is 5.90. The SMILES string of the molecule is CCSCCN=C1C(=O)C2=C(C(=O)C1C)N1CC3C(N3C)C1(OC)C2COC(N)=O. The Bertz CT molecular complexity index is 858. The number of hydrogen-bond donors (Lipinski definition) is 1. The van der Waals surface area contributed by atoms with Crippen LogP contribution in [0.1, 0.15) is 13.8 Å². The van der Waals surface area contributed by atoms with Crippen LogP contribution in [0.25, 0.3) is 0 Å². The van der Waals surface area contributed by atoms with Crippen molar-refractivity contribution in [2.24, 2.45) is 22.6 Å². The van der Waals surface area contributed by atoms with E-state index in [2.05, 4.69) is 16.8 Å². The first-order valence-electron chi connectivity index (χ1n) is 10.2. The van der Waals surface area contributed by atoms with Gasteiger partial charge in [-0.25, -0.2) is 4.79 Å². The number of piperazine rings is 1. The number of carbonyl (C=O) groups is 3. The number of Topliss-reactive ketones (excluding diaryl/α,β-unsaturated/α-hetero) is 2. The second-order valence-electron chi connectivity index (χ2n) is 8.07. The highest BCUT2D eigenvalue weighted by molar-refractivity contribution is 7.99. The number of ether oxygens (including phenoxy) is 2. The predicted octanol–water partition coefficient (Wildman–Crippen LogP) is 0.289.